The zero-order valence-electron chi connectivity index (χ0n) is 20.2. The van der Waals surface area contributed by atoms with E-state index >= 15 is 0 Å². The van der Waals surface area contributed by atoms with Crippen molar-refractivity contribution in [2.75, 3.05) is 40.4 Å². The summed E-state index contributed by atoms with van der Waals surface area (Å²) in [5.74, 6) is 1.30. The zero-order valence-corrected chi connectivity index (χ0v) is 20.2. The van der Waals surface area contributed by atoms with Crippen molar-refractivity contribution in [3.8, 4) is 0 Å². The lowest BCUT2D eigenvalue weighted by molar-refractivity contribution is -0.134. The molecule has 0 saturated carbocycles. The molecule has 0 radical (unpaired) electrons. The molecule has 166 valence electrons. The Morgan fingerprint density at radius 1 is 0.893 bits per heavy atom. The van der Waals surface area contributed by atoms with Crippen molar-refractivity contribution in [3.05, 3.63) is 0 Å². The molecule has 0 bridgehead atoms. The van der Waals surface area contributed by atoms with Crippen LogP contribution in [-0.4, -0.2) is 62.0 Å². The van der Waals surface area contributed by atoms with E-state index < -0.39 is 0 Å². The molecule has 0 atom stereocenters. The molecule has 5 nitrogen and oxygen atoms in total. The summed E-state index contributed by atoms with van der Waals surface area (Å²) in [7, 11) is 3.66. The van der Waals surface area contributed by atoms with Gasteiger partial charge in [-0.25, -0.2) is 0 Å². The standard InChI is InChI=1S/C23H46N2O3/c1-18(2)16-25(10)20(26)11-13-28-14-12-24(9)21(27)15-22(5,6)17-23(7,8)19(3)4/h18-19H,11-17H2,1-10H3. The number of likely N-dealkylation sites (N-methyl/N-ethyl adjacent to an activating group) is 1. The molecule has 0 aliphatic rings. The van der Waals surface area contributed by atoms with E-state index in [9.17, 15) is 9.59 Å². The summed E-state index contributed by atoms with van der Waals surface area (Å²) in [5, 5.41) is 0. The van der Waals surface area contributed by atoms with Gasteiger partial charge in [0.2, 0.25) is 11.8 Å². The Labute approximate surface area is 174 Å². The Kier molecular flexibility index (Phi) is 11.3. The third kappa shape index (κ3) is 11.0. The minimum Gasteiger partial charge on any atom is -0.379 e. The van der Waals surface area contributed by atoms with E-state index in [0.29, 0.717) is 44.4 Å². The second-order valence-corrected chi connectivity index (χ2v) is 10.5. The van der Waals surface area contributed by atoms with Crippen LogP contribution in [0.25, 0.3) is 0 Å². The van der Waals surface area contributed by atoms with Crippen molar-refractivity contribution in [1.29, 1.82) is 0 Å². The number of carbonyl (C=O) groups is 2. The van der Waals surface area contributed by atoms with Gasteiger partial charge >= 0.3 is 0 Å². The first kappa shape index (κ1) is 26.9. The van der Waals surface area contributed by atoms with E-state index in [4.69, 9.17) is 4.74 Å². The second kappa shape index (κ2) is 11.8. The SMILES string of the molecule is CC(C)CN(C)C(=O)CCOCCN(C)C(=O)CC(C)(C)CC(C)(C)C(C)C. The summed E-state index contributed by atoms with van der Waals surface area (Å²) in [6.07, 6.45) is 1.94. The first-order chi connectivity index (χ1) is 12.7. The summed E-state index contributed by atoms with van der Waals surface area (Å²) in [5.41, 5.74) is 0.175. The number of ether oxygens (including phenoxy) is 1. The van der Waals surface area contributed by atoms with Gasteiger partial charge in [0.25, 0.3) is 0 Å². The lowest BCUT2D eigenvalue weighted by Crippen LogP contribution is -2.36. The zero-order chi connectivity index (χ0) is 22.1. The molecule has 0 N–H and O–H groups in total. The van der Waals surface area contributed by atoms with Gasteiger partial charge in [0.1, 0.15) is 0 Å². The number of hydrogen-bond acceptors (Lipinski definition) is 3. The van der Waals surface area contributed by atoms with E-state index in [-0.39, 0.29) is 22.6 Å². The maximum atomic E-state index is 12.6. The molecule has 0 spiro atoms. The molecule has 0 aromatic carbocycles. The number of carbonyl (C=O) groups excluding carboxylic acids is 2. The third-order valence-electron chi connectivity index (χ3n) is 5.65. The highest BCUT2D eigenvalue weighted by Crippen LogP contribution is 2.41. The molecule has 2 amide bonds. The Morgan fingerprint density at radius 3 is 1.96 bits per heavy atom. The third-order valence-corrected chi connectivity index (χ3v) is 5.65. The molecule has 0 aromatic heterocycles. The van der Waals surface area contributed by atoms with Gasteiger partial charge in [-0.2, -0.15) is 0 Å². The van der Waals surface area contributed by atoms with Gasteiger partial charge in [-0.15, -0.1) is 0 Å². The van der Waals surface area contributed by atoms with Crippen LogP contribution in [-0.2, 0) is 14.3 Å². The van der Waals surface area contributed by atoms with E-state index in [1.807, 2.05) is 14.1 Å². The van der Waals surface area contributed by atoms with Crippen molar-refractivity contribution < 1.29 is 14.3 Å². The van der Waals surface area contributed by atoms with Crippen molar-refractivity contribution in [3.63, 3.8) is 0 Å². The average molecular weight is 399 g/mol. The van der Waals surface area contributed by atoms with Gasteiger partial charge in [0, 0.05) is 33.6 Å². The second-order valence-electron chi connectivity index (χ2n) is 10.5. The topological polar surface area (TPSA) is 49.9 Å². The van der Waals surface area contributed by atoms with E-state index in [1.165, 1.54) is 0 Å². The lowest BCUT2D eigenvalue weighted by Gasteiger charge is -2.38. The molecule has 5 heteroatoms. The molecular formula is C23H46N2O3. The molecule has 0 unspecified atom stereocenters. The van der Waals surface area contributed by atoms with Gasteiger partial charge < -0.3 is 14.5 Å². The Morgan fingerprint density at radius 2 is 1.46 bits per heavy atom. The highest BCUT2D eigenvalue weighted by molar-refractivity contribution is 5.76. The van der Waals surface area contributed by atoms with Crippen molar-refractivity contribution in [2.45, 2.75) is 74.7 Å². The molecule has 28 heavy (non-hydrogen) atoms. The summed E-state index contributed by atoms with van der Waals surface area (Å²) in [6.45, 7) is 19.8. The van der Waals surface area contributed by atoms with Gasteiger partial charge in [-0.1, -0.05) is 55.4 Å². The van der Waals surface area contributed by atoms with Crippen LogP contribution in [0.2, 0.25) is 0 Å². The maximum Gasteiger partial charge on any atom is 0.224 e. The van der Waals surface area contributed by atoms with Crippen LogP contribution in [0.5, 0.6) is 0 Å². The summed E-state index contributed by atoms with van der Waals surface area (Å²) < 4.78 is 5.58. The molecule has 0 fully saturated rings. The van der Waals surface area contributed by atoms with Gasteiger partial charge in [-0.3, -0.25) is 9.59 Å². The Bertz CT molecular complexity index is 484. The van der Waals surface area contributed by atoms with Crippen LogP contribution >= 0.6 is 0 Å². The first-order valence-electron chi connectivity index (χ1n) is 10.7. The van der Waals surface area contributed by atoms with Gasteiger partial charge in [0.05, 0.1) is 19.6 Å². The van der Waals surface area contributed by atoms with Gasteiger partial charge in [0.15, 0.2) is 0 Å². The Hall–Kier alpha value is -1.10. The van der Waals surface area contributed by atoms with E-state index in [2.05, 4.69) is 55.4 Å². The minimum absolute atomic E-state index is 0.0343. The van der Waals surface area contributed by atoms with Crippen LogP contribution in [0.1, 0.15) is 74.7 Å². The summed E-state index contributed by atoms with van der Waals surface area (Å²) >= 11 is 0. The van der Waals surface area contributed by atoms with Crippen molar-refractivity contribution in [1.82, 2.24) is 9.80 Å². The fraction of sp³-hybridized carbons (Fsp3) is 0.913. The minimum atomic E-state index is -0.0343. The van der Waals surface area contributed by atoms with Crippen molar-refractivity contribution >= 4 is 11.8 Å². The van der Waals surface area contributed by atoms with E-state index in [1.54, 1.807) is 9.80 Å². The number of amides is 2. The predicted octanol–water partition coefficient (Wildman–Crippen LogP) is 4.45. The van der Waals surface area contributed by atoms with Crippen molar-refractivity contribution in [2.24, 2.45) is 22.7 Å². The number of rotatable bonds is 13. The quantitative estimate of drug-likeness (QED) is 0.431. The highest BCUT2D eigenvalue weighted by atomic mass is 16.5. The smallest absolute Gasteiger partial charge is 0.224 e. The molecular weight excluding hydrogens is 352 g/mol. The number of nitrogens with zero attached hydrogens (tertiary/aromatic N) is 2. The van der Waals surface area contributed by atoms with Crippen LogP contribution in [0.3, 0.4) is 0 Å². The lowest BCUT2D eigenvalue weighted by atomic mass is 9.68. The van der Waals surface area contributed by atoms with Crippen LogP contribution in [0, 0.1) is 22.7 Å². The van der Waals surface area contributed by atoms with E-state index in [0.717, 1.165) is 13.0 Å². The monoisotopic (exact) mass is 398 g/mol. The largest absolute Gasteiger partial charge is 0.379 e. The fourth-order valence-corrected chi connectivity index (χ4v) is 3.47. The molecule has 0 aliphatic carbocycles. The maximum absolute atomic E-state index is 12.6. The average Bonchev–Trinajstić information content (AvgIpc) is 2.51. The Balaban J connectivity index is 4.21. The van der Waals surface area contributed by atoms with Crippen LogP contribution < -0.4 is 0 Å². The first-order valence-corrected chi connectivity index (χ1v) is 10.7. The molecule has 0 saturated heterocycles. The fourth-order valence-electron chi connectivity index (χ4n) is 3.47. The van der Waals surface area contributed by atoms with Crippen LogP contribution in [0.15, 0.2) is 0 Å². The predicted molar refractivity (Wildman–Crippen MR) is 117 cm³/mol. The highest BCUT2D eigenvalue weighted by Gasteiger charge is 2.33. The molecule has 0 aliphatic heterocycles. The molecule has 0 rings (SSSR count). The molecule has 0 heterocycles. The summed E-state index contributed by atoms with van der Waals surface area (Å²) in [6, 6.07) is 0. The van der Waals surface area contributed by atoms with Gasteiger partial charge in [-0.05, 0) is 29.1 Å². The molecule has 0 aromatic rings. The summed E-state index contributed by atoms with van der Waals surface area (Å²) in [4.78, 5) is 28.1. The normalized spacial score (nSPS) is 12.6. The van der Waals surface area contributed by atoms with Crippen LogP contribution in [0.4, 0.5) is 0 Å². The number of hydrogen-bond donors (Lipinski definition) is 0.